The minimum absolute atomic E-state index is 0.283. The molecule has 3 fully saturated rings. The predicted molar refractivity (Wildman–Crippen MR) is 160 cm³/mol. The van der Waals surface area contributed by atoms with Crippen molar-refractivity contribution in [3.8, 4) is 11.1 Å². The molecule has 8 nitrogen and oxygen atoms in total. The second-order valence-electron chi connectivity index (χ2n) is 11.7. The molecule has 39 heavy (non-hydrogen) atoms. The summed E-state index contributed by atoms with van der Waals surface area (Å²) in [5.74, 6) is 2.07. The molecule has 0 spiro atoms. The van der Waals surface area contributed by atoms with E-state index in [-0.39, 0.29) is 11.9 Å². The van der Waals surface area contributed by atoms with Gasteiger partial charge in [-0.3, -0.25) is 4.79 Å². The monoisotopic (exact) mass is 547 g/mol. The van der Waals surface area contributed by atoms with Crippen LogP contribution in [0.5, 0.6) is 0 Å². The number of hydrogen-bond donors (Lipinski definition) is 1. The fraction of sp³-hybridized carbons (Fsp3) is 0.567. The summed E-state index contributed by atoms with van der Waals surface area (Å²) < 4.78 is 0. The molecule has 2 unspecified atom stereocenters. The summed E-state index contributed by atoms with van der Waals surface area (Å²) in [6.45, 7) is 6.28. The molecule has 5 heterocycles. The first-order valence-electron chi connectivity index (χ1n) is 14.5. The number of rotatable bonds is 7. The van der Waals surface area contributed by atoms with Crippen molar-refractivity contribution in [1.82, 2.24) is 19.8 Å². The summed E-state index contributed by atoms with van der Waals surface area (Å²) in [7, 11) is 4.54. The molecule has 0 aliphatic carbocycles. The summed E-state index contributed by atoms with van der Waals surface area (Å²) in [6.07, 6.45) is 6.39. The topological polar surface area (TPSA) is 81.8 Å². The number of fused-ring (bicyclic) bond motifs is 1. The minimum atomic E-state index is -0.339. The molecule has 0 radical (unpaired) electrons. The van der Waals surface area contributed by atoms with Gasteiger partial charge in [-0.25, -0.2) is 4.98 Å². The van der Waals surface area contributed by atoms with Crippen LogP contribution in [0, 0.1) is 5.92 Å². The van der Waals surface area contributed by atoms with Crippen molar-refractivity contribution in [2.45, 2.75) is 50.6 Å². The van der Waals surface area contributed by atoms with Gasteiger partial charge in [-0.1, -0.05) is 30.3 Å². The number of nitrogens with two attached hydrogens (primary N) is 1. The summed E-state index contributed by atoms with van der Waals surface area (Å²) >= 11 is 1.67. The van der Waals surface area contributed by atoms with Crippen LogP contribution < -0.4 is 15.5 Å². The SMILES string of the molecule is CN1CCC(N(C)CC2CCN(c3nc(N4CCCCC4C(N)=O)nc4scc(-c5ccccc5)c34)CC2)C1. The van der Waals surface area contributed by atoms with Gasteiger partial charge >= 0.3 is 0 Å². The van der Waals surface area contributed by atoms with Gasteiger partial charge in [0.2, 0.25) is 11.9 Å². The lowest BCUT2D eigenvalue weighted by Gasteiger charge is -2.37. The first-order valence-corrected chi connectivity index (χ1v) is 15.4. The zero-order valence-electron chi connectivity index (χ0n) is 23.3. The Morgan fingerprint density at radius 3 is 2.56 bits per heavy atom. The first-order chi connectivity index (χ1) is 19.0. The number of aromatic nitrogens is 2. The third-order valence-corrected chi connectivity index (χ3v) is 9.90. The van der Waals surface area contributed by atoms with Crippen molar-refractivity contribution < 1.29 is 4.79 Å². The predicted octanol–water partition coefficient (Wildman–Crippen LogP) is 4.05. The number of likely N-dealkylation sites (tertiary alicyclic amines) is 1. The third kappa shape index (κ3) is 5.49. The van der Waals surface area contributed by atoms with Crippen LogP contribution in [-0.2, 0) is 4.79 Å². The standard InChI is InChI=1S/C30H41N7OS/c1-34-15-13-23(19-34)35(2)18-21-11-16-36(17-12-21)28-26-24(22-8-4-3-5-9-22)20-39-29(26)33-30(32-28)37-14-7-6-10-25(37)27(31)38/h3-5,8-9,20-21,23,25H,6-7,10-19H2,1-2H3,(H2,31,38). The summed E-state index contributed by atoms with van der Waals surface area (Å²) in [6, 6.07) is 10.9. The Hall–Kier alpha value is -2.75. The van der Waals surface area contributed by atoms with E-state index in [2.05, 4.69) is 69.4 Å². The van der Waals surface area contributed by atoms with Crippen molar-refractivity contribution in [2.75, 3.05) is 63.2 Å². The second-order valence-corrected chi connectivity index (χ2v) is 12.6. The van der Waals surface area contributed by atoms with Crippen LogP contribution in [0.2, 0.25) is 0 Å². The van der Waals surface area contributed by atoms with Crippen LogP contribution in [0.4, 0.5) is 11.8 Å². The summed E-state index contributed by atoms with van der Waals surface area (Å²) in [5.41, 5.74) is 8.20. The smallest absolute Gasteiger partial charge is 0.240 e. The number of carbonyl (C=O) groups excluding carboxylic acids is 1. The number of primary amides is 1. The van der Waals surface area contributed by atoms with Crippen molar-refractivity contribution in [2.24, 2.45) is 11.7 Å². The van der Waals surface area contributed by atoms with E-state index in [1.54, 1.807) is 11.3 Å². The van der Waals surface area contributed by atoms with Crippen LogP contribution in [0.25, 0.3) is 21.3 Å². The minimum Gasteiger partial charge on any atom is -0.368 e. The van der Waals surface area contributed by atoms with Crippen LogP contribution in [0.3, 0.4) is 0 Å². The average Bonchev–Trinajstić information content (AvgIpc) is 3.60. The second kappa shape index (κ2) is 11.4. The van der Waals surface area contributed by atoms with Gasteiger partial charge < -0.3 is 25.3 Å². The Morgan fingerprint density at radius 2 is 1.85 bits per heavy atom. The van der Waals surface area contributed by atoms with Crippen molar-refractivity contribution in [3.63, 3.8) is 0 Å². The van der Waals surface area contributed by atoms with Crippen molar-refractivity contribution in [3.05, 3.63) is 35.7 Å². The Kier molecular flexibility index (Phi) is 7.73. The molecule has 3 aromatic rings. The van der Waals surface area contributed by atoms with Crippen molar-refractivity contribution in [1.29, 1.82) is 0 Å². The maximum atomic E-state index is 12.3. The Morgan fingerprint density at radius 1 is 1.05 bits per heavy atom. The molecular formula is C30H41N7OS. The fourth-order valence-electron chi connectivity index (χ4n) is 6.72. The number of hydrogen-bond acceptors (Lipinski definition) is 8. The van der Waals surface area contributed by atoms with Gasteiger partial charge in [0.15, 0.2) is 0 Å². The molecule has 6 rings (SSSR count). The van der Waals surface area contributed by atoms with Crippen molar-refractivity contribution >= 4 is 39.2 Å². The lowest BCUT2D eigenvalue weighted by molar-refractivity contribution is -0.119. The number of likely N-dealkylation sites (N-methyl/N-ethyl adjacent to an activating group) is 2. The van der Waals surface area contributed by atoms with E-state index in [0.29, 0.717) is 17.9 Å². The first kappa shape index (κ1) is 26.5. The number of carbonyl (C=O) groups is 1. The van der Waals surface area contributed by atoms with E-state index in [1.807, 2.05) is 0 Å². The molecule has 0 bridgehead atoms. The number of amides is 1. The van der Waals surface area contributed by atoms with Gasteiger partial charge in [0.25, 0.3) is 0 Å². The molecule has 1 aromatic carbocycles. The van der Waals surface area contributed by atoms with Gasteiger partial charge in [-0.15, -0.1) is 11.3 Å². The van der Waals surface area contributed by atoms with E-state index in [9.17, 15) is 4.79 Å². The summed E-state index contributed by atoms with van der Waals surface area (Å²) in [5, 5.41) is 3.34. The Bertz CT molecular complexity index is 1290. The molecule has 3 saturated heterocycles. The number of piperidine rings is 2. The molecule has 0 saturated carbocycles. The van der Waals surface area contributed by atoms with Gasteiger partial charge in [0.05, 0.1) is 5.39 Å². The van der Waals surface area contributed by atoms with Gasteiger partial charge in [-0.2, -0.15) is 4.98 Å². The summed E-state index contributed by atoms with van der Waals surface area (Å²) in [4.78, 5) is 33.1. The van der Waals surface area contributed by atoms with E-state index in [0.717, 1.165) is 67.8 Å². The third-order valence-electron chi connectivity index (χ3n) is 9.03. The highest BCUT2D eigenvalue weighted by molar-refractivity contribution is 7.17. The Labute approximate surface area is 235 Å². The number of nitrogens with zero attached hydrogens (tertiary/aromatic N) is 6. The largest absolute Gasteiger partial charge is 0.368 e. The highest BCUT2D eigenvalue weighted by atomic mass is 32.1. The van der Waals surface area contributed by atoms with E-state index in [1.165, 1.54) is 37.2 Å². The van der Waals surface area contributed by atoms with Gasteiger partial charge in [-0.05, 0) is 70.6 Å². The average molecular weight is 548 g/mol. The molecular weight excluding hydrogens is 506 g/mol. The lowest BCUT2D eigenvalue weighted by Crippen LogP contribution is -2.48. The maximum absolute atomic E-state index is 12.3. The van der Waals surface area contributed by atoms with E-state index < -0.39 is 0 Å². The van der Waals surface area contributed by atoms with Gasteiger partial charge in [0, 0.05) is 49.7 Å². The van der Waals surface area contributed by atoms with Crippen LogP contribution in [0.1, 0.15) is 38.5 Å². The number of anilines is 2. The zero-order valence-corrected chi connectivity index (χ0v) is 24.1. The molecule has 3 aliphatic rings. The number of benzene rings is 1. The van der Waals surface area contributed by atoms with E-state index in [4.69, 9.17) is 15.7 Å². The molecule has 9 heteroatoms. The molecule has 1 amide bonds. The quantitative estimate of drug-likeness (QED) is 0.478. The number of thiophene rings is 1. The molecule has 2 aromatic heterocycles. The molecule has 3 aliphatic heterocycles. The highest BCUT2D eigenvalue weighted by Crippen LogP contribution is 2.41. The molecule has 208 valence electrons. The molecule has 2 atom stereocenters. The van der Waals surface area contributed by atoms with Crippen LogP contribution in [-0.4, -0.2) is 91.1 Å². The van der Waals surface area contributed by atoms with E-state index >= 15 is 0 Å². The molecule has 2 N–H and O–H groups in total. The fourth-order valence-corrected chi connectivity index (χ4v) is 7.66. The van der Waals surface area contributed by atoms with Gasteiger partial charge in [0.1, 0.15) is 16.7 Å². The Balaban J connectivity index is 1.29. The highest BCUT2D eigenvalue weighted by Gasteiger charge is 2.32. The normalized spacial score (nSPS) is 23.3. The maximum Gasteiger partial charge on any atom is 0.240 e. The van der Waals surface area contributed by atoms with Crippen LogP contribution >= 0.6 is 11.3 Å². The van der Waals surface area contributed by atoms with Crippen LogP contribution in [0.15, 0.2) is 35.7 Å². The zero-order chi connectivity index (χ0) is 26.9. The lowest BCUT2D eigenvalue weighted by atomic mass is 9.95.